The molecule has 4 nitrogen and oxygen atoms in total. The van der Waals surface area contributed by atoms with Crippen molar-refractivity contribution in [3.8, 4) is 0 Å². The number of hydrogen-bond donors (Lipinski definition) is 0. The number of hydrogen-bond acceptors (Lipinski definition) is 3. The molecule has 1 heterocycles. The highest BCUT2D eigenvalue weighted by molar-refractivity contribution is 9.10. The van der Waals surface area contributed by atoms with Gasteiger partial charge in [0.15, 0.2) is 0 Å². The molecule has 0 radical (unpaired) electrons. The van der Waals surface area contributed by atoms with Crippen LogP contribution in [0.3, 0.4) is 0 Å². The highest BCUT2D eigenvalue weighted by atomic mass is 79.9. The predicted octanol–water partition coefficient (Wildman–Crippen LogP) is 2.47. The molecule has 0 amide bonds. The fraction of sp³-hybridized carbons (Fsp3) is 0.571. The molecule has 20 heavy (non-hydrogen) atoms. The lowest BCUT2D eigenvalue weighted by Gasteiger charge is -2.33. The first kappa shape index (κ1) is 15.9. The van der Waals surface area contributed by atoms with E-state index in [2.05, 4.69) is 27.8 Å². The number of benzene rings is 1. The maximum absolute atomic E-state index is 12.7. The SMILES string of the molecule is CCCN1CCN(S(=O)(=O)c2ccc(C)cc2Br)CC1. The van der Waals surface area contributed by atoms with Crippen LogP contribution in [0.2, 0.25) is 0 Å². The molecule has 0 unspecified atom stereocenters. The molecular weight excluding hydrogens is 340 g/mol. The summed E-state index contributed by atoms with van der Waals surface area (Å²) in [6.45, 7) is 7.91. The summed E-state index contributed by atoms with van der Waals surface area (Å²) in [5, 5.41) is 0. The zero-order valence-corrected chi connectivity index (χ0v) is 14.4. The van der Waals surface area contributed by atoms with Crippen LogP contribution < -0.4 is 0 Å². The summed E-state index contributed by atoms with van der Waals surface area (Å²) in [7, 11) is -3.39. The van der Waals surface area contributed by atoms with Crippen molar-refractivity contribution in [3.63, 3.8) is 0 Å². The van der Waals surface area contributed by atoms with E-state index in [0.29, 0.717) is 22.5 Å². The molecule has 1 aliphatic rings. The Morgan fingerprint density at radius 3 is 2.40 bits per heavy atom. The minimum atomic E-state index is -3.39. The zero-order valence-electron chi connectivity index (χ0n) is 12.0. The summed E-state index contributed by atoms with van der Waals surface area (Å²) in [6.07, 6.45) is 1.11. The largest absolute Gasteiger partial charge is 0.301 e. The van der Waals surface area contributed by atoms with Gasteiger partial charge in [-0.25, -0.2) is 8.42 Å². The minimum Gasteiger partial charge on any atom is -0.301 e. The van der Waals surface area contributed by atoms with Crippen LogP contribution in [0.4, 0.5) is 0 Å². The van der Waals surface area contributed by atoms with Crippen LogP contribution in [-0.2, 0) is 10.0 Å². The Kier molecular flexibility index (Phi) is 5.23. The summed E-state index contributed by atoms with van der Waals surface area (Å²) in [5.74, 6) is 0. The van der Waals surface area contributed by atoms with Gasteiger partial charge in [0.1, 0.15) is 0 Å². The molecule has 1 aromatic carbocycles. The van der Waals surface area contributed by atoms with Crippen LogP contribution in [0, 0.1) is 6.92 Å². The molecule has 1 saturated heterocycles. The van der Waals surface area contributed by atoms with Gasteiger partial charge in [-0.3, -0.25) is 0 Å². The first-order valence-electron chi connectivity index (χ1n) is 6.94. The number of halogens is 1. The van der Waals surface area contributed by atoms with Crippen molar-refractivity contribution in [2.24, 2.45) is 0 Å². The van der Waals surface area contributed by atoms with Gasteiger partial charge < -0.3 is 4.90 Å². The van der Waals surface area contributed by atoms with Crippen molar-refractivity contribution in [3.05, 3.63) is 28.2 Å². The van der Waals surface area contributed by atoms with Gasteiger partial charge in [0.25, 0.3) is 0 Å². The molecule has 6 heteroatoms. The van der Waals surface area contributed by atoms with Gasteiger partial charge in [-0.1, -0.05) is 13.0 Å². The van der Waals surface area contributed by atoms with E-state index >= 15 is 0 Å². The Balaban J connectivity index is 2.15. The topological polar surface area (TPSA) is 40.6 Å². The fourth-order valence-corrected chi connectivity index (χ4v) is 5.04. The Labute approximate surface area is 129 Å². The standard InChI is InChI=1S/C14H21BrN2O2S/c1-3-6-16-7-9-17(10-8-16)20(18,19)14-5-4-12(2)11-13(14)15/h4-5,11H,3,6-10H2,1-2H3. The van der Waals surface area contributed by atoms with Gasteiger partial charge in [0.05, 0.1) is 4.90 Å². The molecular formula is C14H21BrN2O2S. The summed E-state index contributed by atoms with van der Waals surface area (Å²) in [5.41, 5.74) is 1.04. The number of nitrogens with zero attached hydrogens (tertiary/aromatic N) is 2. The van der Waals surface area contributed by atoms with Gasteiger partial charge >= 0.3 is 0 Å². The van der Waals surface area contributed by atoms with E-state index in [1.807, 2.05) is 19.1 Å². The number of aryl methyl sites for hydroxylation is 1. The first-order chi connectivity index (χ1) is 9.45. The molecule has 1 aliphatic heterocycles. The van der Waals surface area contributed by atoms with E-state index < -0.39 is 10.0 Å². The van der Waals surface area contributed by atoms with Crippen molar-refractivity contribution >= 4 is 26.0 Å². The van der Waals surface area contributed by atoms with Gasteiger partial charge in [0.2, 0.25) is 10.0 Å². The molecule has 1 aromatic rings. The average Bonchev–Trinajstić information content (AvgIpc) is 2.39. The molecule has 2 rings (SSSR count). The van der Waals surface area contributed by atoms with Crippen molar-refractivity contribution in [2.75, 3.05) is 32.7 Å². The van der Waals surface area contributed by atoms with Crippen molar-refractivity contribution in [1.82, 2.24) is 9.21 Å². The Morgan fingerprint density at radius 1 is 1.20 bits per heavy atom. The Morgan fingerprint density at radius 2 is 1.85 bits per heavy atom. The fourth-order valence-electron chi connectivity index (χ4n) is 2.46. The predicted molar refractivity (Wildman–Crippen MR) is 84.4 cm³/mol. The lowest BCUT2D eigenvalue weighted by molar-refractivity contribution is 0.188. The third-order valence-electron chi connectivity index (χ3n) is 3.58. The van der Waals surface area contributed by atoms with Crippen LogP contribution in [0.5, 0.6) is 0 Å². The quantitative estimate of drug-likeness (QED) is 0.827. The van der Waals surface area contributed by atoms with E-state index in [9.17, 15) is 8.42 Å². The lowest BCUT2D eigenvalue weighted by Crippen LogP contribution is -2.48. The smallest absolute Gasteiger partial charge is 0.244 e. The third-order valence-corrected chi connectivity index (χ3v) is 6.45. The maximum Gasteiger partial charge on any atom is 0.244 e. The van der Waals surface area contributed by atoms with Gasteiger partial charge in [0, 0.05) is 30.7 Å². The second-order valence-corrected chi connectivity index (χ2v) is 7.94. The average molecular weight is 361 g/mol. The second kappa shape index (κ2) is 6.56. The second-order valence-electron chi connectivity index (χ2n) is 5.18. The first-order valence-corrected chi connectivity index (χ1v) is 9.17. The van der Waals surface area contributed by atoms with Crippen LogP contribution in [0.15, 0.2) is 27.6 Å². The Hall–Kier alpha value is -0.430. The number of piperazine rings is 1. The molecule has 0 saturated carbocycles. The van der Waals surface area contributed by atoms with Crippen LogP contribution in [0.25, 0.3) is 0 Å². The summed E-state index contributed by atoms with van der Waals surface area (Å²) in [4.78, 5) is 2.68. The van der Waals surface area contributed by atoms with Gasteiger partial charge in [-0.15, -0.1) is 0 Å². The normalized spacial score (nSPS) is 18.4. The number of sulfonamides is 1. The summed E-state index contributed by atoms with van der Waals surface area (Å²) in [6, 6.07) is 5.37. The Bertz CT molecular complexity index is 567. The van der Waals surface area contributed by atoms with E-state index in [1.165, 1.54) is 0 Å². The summed E-state index contributed by atoms with van der Waals surface area (Å²) >= 11 is 3.37. The molecule has 0 N–H and O–H groups in total. The molecule has 0 spiro atoms. The van der Waals surface area contributed by atoms with Crippen molar-refractivity contribution in [2.45, 2.75) is 25.2 Å². The minimum absolute atomic E-state index is 0.368. The molecule has 112 valence electrons. The summed E-state index contributed by atoms with van der Waals surface area (Å²) < 4.78 is 27.6. The highest BCUT2D eigenvalue weighted by Crippen LogP contribution is 2.26. The molecule has 1 fully saturated rings. The van der Waals surface area contributed by atoms with Crippen LogP contribution in [-0.4, -0.2) is 50.3 Å². The van der Waals surface area contributed by atoms with Crippen LogP contribution in [0.1, 0.15) is 18.9 Å². The highest BCUT2D eigenvalue weighted by Gasteiger charge is 2.29. The van der Waals surface area contributed by atoms with E-state index in [4.69, 9.17) is 0 Å². The lowest BCUT2D eigenvalue weighted by atomic mass is 10.2. The maximum atomic E-state index is 12.7. The van der Waals surface area contributed by atoms with E-state index in [1.54, 1.807) is 10.4 Å². The molecule has 0 aromatic heterocycles. The van der Waals surface area contributed by atoms with Crippen LogP contribution >= 0.6 is 15.9 Å². The van der Waals surface area contributed by atoms with E-state index in [0.717, 1.165) is 31.6 Å². The van der Waals surface area contributed by atoms with Gasteiger partial charge in [-0.2, -0.15) is 4.31 Å². The molecule has 0 atom stereocenters. The van der Waals surface area contributed by atoms with Gasteiger partial charge in [-0.05, 0) is 53.5 Å². The monoisotopic (exact) mass is 360 g/mol. The zero-order chi connectivity index (χ0) is 14.8. The molecule has 0 bridgehead atoms. The molecule has 0 aliphatic carbocycles. The third kappa shape index (κ3) is 3.42. The van der Waals surface area contributed by atoms with Crippen molar-refractivity contribution in [1.29, 1.82) is 0 Å². The van der Waals surface area contributed by atoms with Crippen molar-refractivity contribution < 1.29 is 8.42 Å². The van der Waals surface area contributed by atoms with E-state index in [-0.39, 0.29) is 0 Å². The number of rotatable bonds is 4.